The van der Waals surface area contributed by atoms with Crippen LogP contribution in [0.15, 0.2) is 9.32 Å². The number of nitrogens with zero attached hydrogens (tertiary/aromatic N) is 7. The molecule has 4 aromatic heterocycles. The van der Waals surface area contributed by atoms with E-state index < -0.39 is 11.0 Å². The number of likely N-dealkylation sites (N-methyl/N-ethyl adjacent to an activating group) is 1. The Morgan fingerprint density at radius 2 is 2.02 bits per heavy atom. The van der Waals surface area contributed by atoms with Crippen molar-refractivity contribution < 1.29 is 18.7 Å². The molecule has 252 valence electrons. The lowest BCUT2D eigenvalue weighted by Gasteiger charge is -2.39. The fourth-order valence-electron chi connectivity index (χ4n) is 9.45. The monoisotopic (exact) mass is 672 g/mol. The molecule has 14 heteroatoms. The van der Waals surface area contributed by atoms with E-state index in [-0.39, 0.29) is 29.9 Å². The van der Waals surface area contributed by atoms with E-state index in [9.17, 15) is 10.1 Å². The number of aromatic nitrogens is 5. The first-order valence-corrected chi connectivity index (χ1v) is 17.8. The van der Waals surface area contributed by atoms with E-state index in [0.717, 1.165) is 74.8 Å². The van der Waals surface area contributed by atoms with Crippen LogP contribution in [0.25, 0.3) is 22.7 Å². The Labute approximate surface area is 281 Å². The quantitative estimate of drug-likeness (QED) is 0.320. The summed E-state index contributed by atoms with van der Waals surface area (Å²) in [7, 11) is 5.58. The van der Waals surface area contributed by atoms with Crippen LogP contribution < -0.4 is 16.2 Å². The summed E-state index contributed by atoms with van der Waals surface area (Å²) in [5.41, 5.74) is 9.52. The average Bonchev–Trinajstić information content (AvgIpc) is 3.62. The third-order valence-electron chi connectivity index (χ3n) is 12.0. The summed E-state index contributed by atoms with van der Waals surface area (Å²) < 4.78 is 28.0. The summed E-state index contributed by atoms with van der Waals surface area (Å²) in [5.74, 6) is 1.78. The molecule has 5 aliphatic rings. The molecule has 6 heterocycles. The molecule has 1 saturated carbocycles. The fraction of sp³-hybridized carbons (Fsp3) is 0.618. The largest absolute Gasteiger partial charge is 0.471 e. The normalized spacial score (nSPS) is 29.9. The fourth-order valence-corrected chi connectivity index (χ4v) is 10.6. The molecule has 13 nitrogen and oxygen atoms in total. The highest BCUT2D eigenvalue weighted by atomic mass is 32.1. The molecule has 0 unspecified atom stereocenters. The Balaban J connectivity index is 1.21. The van der Waals surface area contributed by atoms with Crippen LogP contribution in [-0.2, 0) is 40.3 Å². The number of nitrogens with two attached hydrogens (primary N) is 1. The highest BCUT2D eigenvalue weighted by Crippen LogP contribution is 2.56. The number of methoxy groups -OCH3 is 1. The number of nitriles is 1. The molecule has 3 aliphatic carbocycles. The van der Waals surface area contributed by atoms with Gasteiger partial charge in [0.05, 0.1) is 35.8 Å². The highest BCUT2D eigenvalue weighted by molar-refractivity contribution is 7.16. The van der Waals surface area contributed by atoms with Crippen molar-refractivity contribution in [2.24, 2.45) is 13.0 Å². The maximum atomic E-state index is 14.0. The number of thiophene rings is 1. The Morgan fingerprint density at radius 3 is 2.73 bits per heavy atom. The number of nitrogen functional groups attached to an aromatic ring is 1. The zero-order valence-electron chi connectivity index (χ0n) is 27.7. The van der Waals surface area contributed by atoms with Crippen LogP contribution in [0.3, 0.4) is 0 Å². The van der Waals surface area contributed by atoms with Crippen LogP contribution >= 0.6 is 11.3 Å². The molecular formula is C34H40N8O5S. The van der Waals surface area contributed by atoms with Gasteiger partial charge in [-0.1, -0.05) is 5.16 Å². The summed E-state index contributed by atoms with van der Waals surface area (Å²) in [5, 5.41) is 15.4. The number of rotatable bonds is 6. The van der Waals surface area contributed by atoms with Gasteiger partial charge in [-0.15, -0.1) is 11.3 Å². The van der Waals surface area contributed by atoms with Crippen LogP contribution in [0, 0.1) is 17.2 Å². The standard InChI is InChI=1S/C34H40N8O5S/c1-17(22-11-19(44-4)14-40(22)2)46-31-26-30(42(32(43)41(26)3)34-12-18(34)15-45-16-34)37-29(38-31)25-20-7-5-9-33(27(20)47-39-25)10-6-8-23-24(33)21(13-35)28(36)48-23/h17-19,22H,5-12,14-16,36H2,1-4H3/t17-,18-,19+,22-,33-,34-/m0/s1. The molecule has 4 aromatic rings. The van der Waals surface area contributed by atoms with E-state index in [2.05, 4.69) is 23.2 Å². The number of ether oxygens (including phenoxy) is 3. The summed E-state index contributed by atoms with van der Waals surface area (Å²) >= 11 is 1.52. The molecule has 0 bridgehead atoms. The molecule has 0 aromatic carbocycles. The molecule has 0 amide bonds. The van der Waals surface area contributed by atoms with Crippen molar-refractivity contribution in [1.29, 1.82) is 5.26 Å². The molecule has 9 rings (SSSR count). The van der Waals surface area contributed by atoms with Gasteiger partial charge < -0.3 is 24.5 Å². The Bertz CT molecular complexity index is 2070. The second-order valence-electron chi connectivity index (χ2n) is 14.5. The zero-order valence-corrected chi connectivity index (χ0v) is 28.6. The van der Waals surface area contributed by atoms with Gasteiger partial charge in [-0.05, 0) is 70.9 Å². The van der Waals surface area contributed by atoms with Crippen molar-refractivity contribution in [2.75, 3.05) is 39.6 Å². The smallest absolute Gasteiger partial charge is 0.330 e. The molecule has 3 fully saturated rings. The van der Waals surface area contributed by atoms with Crippen LogP contribution in [0.4, 0.5) is 5.00 Å². The number of imidazole rings is 1. The summed E-state index contributed by atoms with van der Waals surface area (Å²) in [6.45, 7) is 3.97. The van der Waals surface area contributed by atoms with Crippen molar-refractivity contribution in [3.8, 4) is 23.5 Å². The Kier molecular flexibility index (Phi) is 6.70. The SMILES string of the molecule is CO[C@@H]1C[C@@H]([C@H](C)Oc2nc(-c3noc4c3CCC[C@@]43CCCc4sc(N)c(C#N)c43)nc3c2n(C)c(=O)n3[C@@]23COC[C@@H]2C3)N(C)C1. The van der Waals surface area contributed by atoms with Crippen LogP contribution in [-0.4, -0.2) is 81.3 Å². The molecule has 1 spiro atoms. The second kappa shape index (κ2) is 10.6. The van der Waals surface area contributed by atoms with Gasteiger partial charge in [0.25, 0.3) is 0 Å². The molecule has 48 heavy (non-hydrogen) atoms. The first kappa shape index (κ1) is 30.3. The van der Waals surface area contributed by atoms with Gasteiger partial charge >= 0.3 is 5.69 Å². The van der Waals surface area contributed by atoms with Gasteiger partial charge in [0.1, 0.15) is 17.2 Å². The number of fused-ring (bicyclic) bond motifs is 6. The van der Waals surface area contributed by atoms with E-state index >= 15 is 0 Å². The lowest BCUT2D eigenvalue weighted by atomic mass is 9.63. The third-order valence-corrected chi connectivity index (χ3v) is 13.1. The first-order chi connectivity index (χ1) is 23.2. The number of likely N-dealkylation sites (tertiary alicyclic amines) is 1. The van der Waals surface area contributed by atoms with Crippen LogP contribution in [0.1, 0.15) is 72.8 Å². The van der Waals surface area contributed by atoms with Gasteiger partial charge in [-0.3, -0.25) is 14.0 Å². The number of anilines is 1. The highest BCUT2D eigenvalue weighted by Gasteiger charge is 2.62. The van der Waals surface area contributed by atoms with E-state index in [0.29, 0.717) is 52.3 Å². The number of hydrogen-bond donors (Lipinski definition) is 1. The van der Waals surface area contributed by atoms with Crippen LogP contribution in [0.2, 0.25) is 0 Å². The minimum Gasteiger partial charge on any atom is -0.471 e. The topological polar surface area (TPSA) is 159 Å². The predicted octanol–water partition coefficient (Wildman–Crippen LogP) is 3.49. The maximum Gasteiger partial charge on any atom is 0.330 e. The minimum absolute atomic E-state index is 0.102. The van der Waals surface area contributed by atoms with E-state index in [1.807, 2.05) is 11.5 Å². The maximum absolute atomic E-state index is 14.0. The molecule has 6 atom stereocenters. The Morgan fingerprint density at radius 1 is 1.21 bits per heavy atom. The zero-order chi connectivity index (χ0) is 33.1. The summed E-state index contributed by atoms with van der Waals surface area (Å²) in [6, 6.07) is 2.50. The van der Waals surface area contributed by atoms with E-state index in [1.54, 1.807) is 18.7 Å². The van der Waals surface area contributed by atoms with Crippen molar-refractivity contribution in [3.05, 3.63) is 37.8 Å². The van der Waals surface area contributed by atoms with Gasteiger partial charge in [0.2, 0.25) is 5.88 Å². The van der Waals surface area contributed by atoms with Gasteiger partial charge in [-0.25, -0.2) is 9.78 Å². The van der Waals surface area contributed by atoms with Crippen LogP contribution in [0.5, 0.6) is 5.88 Å². The van der Waals surface area contributed by atoms with E-state index in [1.165, 1.54) is 16.2 Å². The van der Waals surface area contributed by atoms with Crippen molar-refractivity contribution in [1.82, 2.24) is 29.2 Å². The number of aryl methyl sites for hydroxylation is 2. The van der Waals surface area contributed by atoms with Gasteiger partial charge in [0.15, 0.2) is 28.4 Å². The lowest BCUT2D eigenvalue weighted by molar-refractivity contribution is 0.108. The first-order valence-electron chi connectivity index (χ1n) is 17.0. The van der Waals surface area contributed by atoms with Crippen molar-refractivity contribution in [3.63, 3.8) is 0 Å². The van der Waals surface area contributed by atoms with Crippen molar-refractivity contribution in [2.45, 2.75) is 87.5 Å². The van der Waals surface area contributed by atoms with E-state index in [4.69, 9.17) is 34.4 Å². The van der Waals surface area contributed by atoms with Crippen molar-refractivity contribution >= 4 is 27.5 Å². The average molecular weight is 673 g/mol. The lowest BCUT2D eigenvalue weighted by Crippen LogP contribution is -2.38. The second-order valence-corrected chi connectivity index (χ2v) is 15.7. The van der Waals surface area contributed by atoms with Gasteiger partial charge in [-0.2, -0.15) is 10.2 Å². The predicted molar refractivity (Wildman–Crippen MR) is 177 cm³/mol. The van der Waals surface area contributed by atoms with Gasteiger partial charge in [0, 0.05) is 43.1 Å². The Hall–Kier alpha value is -3.77. The third kappa shape index (κ3) is 4.04. The minimum atomic E-state index is -0.468. The summed E-state index contributed by atoms with van der Waals surface area (Å²) in [6.07, 6.45) is 6.83. The molecule has 2 saturated heterocycles. The molecule has 2 N–H and O–H groups in total. The number of hydrogen-bond acceptors (Lipinski definition) is 12. The molecular weight excluding hydrogens is 632 g/mol. The summed E-state index contributed by atoms with van der Waals surface area (Å²) in [4.78, 5) is 27.6. The molecule has 0 radical (unpaired) electrons. The molecule has 2 aliphatic heterocycles.